The molecule has 8 nitrogen and oxygen atoms in total. The summed E-state index contributed by atoms with van der Waals surface area (Å²) in [5.74, 6) is 1.29. The van der Waals surface area contributed by atoms with Gasteiger partial charge in [0.25, 0.3) is 5.56 Å². The molecule has 0 atom stereocenters. The molecule has 5 rings (SSSR count). The van der Waals surface area contributed by atoms with Crippen LogP contribution in [-0.2, 0) is 18.4 Å². The summed E-state index contributed by atoms with van der Waals surface area (Å²) in [5.41, 5.74) is 4.62. The molecule has 8 heteroatoms. The van der Waals surface area contributed by atoms with Crippen molar-refractivity contribution in [3.63, 3.8) is 0 Å². The van der Waals surface area contributed by atoms with Crippen LogP contribution in [0.4, 0.5) is 11.6 Å². The van der Waals surface area contributed by atoms with Gasteiger partial charge in [0.2, 0.25) is 5.95 Å². The minimum Gasteiger partial charge on any atom is -0.466 e. The standard InChI is InChI=1S/C25H30N6O2/c1-15(2)30-23(32)20-13-27-24(28-18-7-6-16-8-9-26-12-17(16)10-18)29-22(20)31(30)19-11-21(33-14-19)25(3,4)5/h6-7,10-11,13-15,26H,8-9,12H2,1-5H3,(H,27,28,29). The van der Waals surface area contributed by atoms with Crippen molar-refractivity contribution in [3.05, 3.63) is 64.0 Å². The van der Waals surface area contributed by atoms with Crippen molar-refractivity contribution in [3.8, 4) is 5.69 Å². The zero-order valence-electron chi connectivity index (χ0n) is 19.8. The lowest BCUT2D eigenvalue weighted by molar-refractivity contribution is 0.408. The van der Waals surface area contributed by atoms with E-state index in [1.165, 1.54) is 11.1 Å². The maximum atomic E-state index is 13.2. The van der Waals surface area contributed by atoms with E-state index in [1.807, 2.05) is 24.6 Å². The molecule has 0 saturated heterocycles. The van der Waals surface area contributed by atoms with Gasteiger partial charge >= 0.3 is 0 Å². The van der Waals surface area contributed by atoms with Crippen LogP contribution >= 0.6 is 0 Å². The number of rotatable bonds is 4. The van der Waals surface area contributed by atoms with E-state index in [4.69, 9.17) is 9.40 Å². The van der Waals surface area contributed by atoms with E-state index < -0.39 is 0 Å². The Morgan fingerprint density at radius 3 is 2.73 bits per heavy atom. The van der Waals surface area contributed by atoms with Crippen molar-refractivity contribution in [2.24, 2.45) is 0 Å². The third-order valence-electron chi connectivity index (χ3n) is 6.03. The van der Waals surface area contributed by atoms with Crippen molar-refractivity contribution in [2.75, 3.05) is 11.9 Å². The predicted molar refractivity (Wildman–Crippen MR) is 130 cm³/mol. The van der Waals surface area contributed by atoms with Crippen LogP contribution in [0.2, 0.25) is 0 Å². The fraction of sp³-hybridized carbons (Fsp3) is 0.400. The van der Waals surface area contributed by atoms with Crippen molar-refractivity contribution in [2.45, 2.75) is 59.0 Å². The zero-order valence-corrected chi connectivity index (χ0v) is 19.8. The number of nitrogens with one attached hydrogen (secondary N) is 2. The van der Waals surface area contributed by atoms with Crippen LogP contribution in [0, 0.1) is 0 Å². The second-order valence-electron chi connectivity index (χ2n) is 9.94. The maximum absolute atomic E-state index is 13.2. The summed E-state index contributed by atoms with van der Waals surface area (Å²) >= 11 is 0. The highest BCUT2D eigenvalue weighted by Gasteiger charge is 2.24. The molecule has 0 saturated carbocycles. The minimum atomic E-state index is -0.146. The molecule has 1 aromatic carbocycles. The van der Waals surface area contributed by atoms with Crippen molar-refractivity contribution in [1.29, 1.82) is 0 Å². The van der Waals surface area contributed by atoms with Gasteiger partial charge < -0.3 is 15.1 Å². The van der Waals surface area contributed by atoms with Gasteiger partial charge in [0, 0.05) is 36.0 Å². The molecule has 0 radical (unpaired) electrons. The Morgan fingerprint density at radius 1 is 1.18 bits per heavy atom. The van der Waals surface area contributed by atoms with Crippen molar-refractivity contribution < 1.29 is 4.42 Å². The number of nitrogens with zero attached hydrogens (tertiary/aromatic N) is 4. The molecule has 1 aliphatic rings. The first-order valence-corrected chi connectivity index (χ1v) is 11.4. The highest BCUT2D eigenvalue weighted by atomic mass is 16.3. The van der Waals surface area contributed by atoms with E-state index >= 15 is 0 Å². The number of fused-ring (bicyclic) bond motifs is 2. The average Bonchev–Trinajstić information content (AvgIpc) is 3.37. The summed E-state index contributed by atoms with van der Waals surface area (Å²) in [6.07, 6.45) is 4.32. The zero-order chi connectivity index (χ0) is 23.3. The molecule has 4 aromatic rings. The lowest BCUT2D eigenvalue weighted by atomic mass is 9.93. The monoisotopic (exact) mass is 446 g/mol. The van der Waals surface area contributed by atoms with Crippen LogP contribution < -0.4 is 16.2 Å². The van der Waals surface area contributed by atoms with Gasteiger partial charge in [0.15, 0.2) is 5.65 Å². The van der Waals surface area contributed by atoms with E-state index in [2.05, 4.69) is 54.6 Å². The lowest BCUT2D eigenvalue weighted by Crippen LogP contribution is -2.24. The third-order valence-corrected chi connectivity index (χ3v) is 6.03. The molecule has 3 aromatic heterocycles. The molecule has 0 bridgehead atoms. The molecule has 4 heterocycles. The molecular formula is C25H30N6O2. The van der Waals surface area contributed by atoms with Gasteiger partial charge in [-0.05, 0) is 50.1 Å². The fourth-order valence-electron chi connectivity index (χ4n) is 4.29. The second kappa shape index (κ2) is 7.88. The summed E-state index contributed by atoms with van der Waals surface area (Å²) in [6.45, 7) is 12.1. The molecule has 33 heavy (non-hydrogen) atoms. The Hall–Kier alpha value is -3.39. The maximum Gasteiger partial charge on any atom is 0.278 e. The van der Waals surface area contributed by atoms with E-state index in [0.29, 0.717) is 17.0 Å². The van der Waals surface area contributed by atoms with Gasteiger partial charge in [-0.1, -0.05) is 26.8 Å². The van der Waals surface area contributed by atoms with Crippen molar-refractivity contribution >= 4 is 22.7 Å². The van der Waals surface area contributed by atoms with Gasteiger partial charge in [-0.2, -0.15) is 4.98 Å². The van der Waals surface area contributed by atoms with Gasteiger partial charge in [0.05, 0.1) is 0 Å². The lowest BCUT2D eigenvalue weighted by Gasteiger charge is -2.18. The summed E-state index contributed by atoms with van der Waals surface area (Å²) in [4.78, 5) is 22.4. The van der Waals surface area contributed by atoms with Gasteiger partial charge in [-0.3, -0.25) is 4.79 Å². The summed E-state index contributed by atoms with van der Waals surface area (Å²) < 4.78 is 9.39. The number of benzene rings is 1. The Kier molecular flexibility index (Phi) is 5.12. The van der Waals surface area contributed by atoms with E-state index in [-0.39, 0.29) is 17.0 Å². The first kappa shape index (κ1) is 21.5. The number of furan rings is 1. The third kappa shape index (κ3) is 3.84. The number of hydrogen-bond acceptors (Lipinski definition) is 6. The smallest absolute Gasteiger partial charge is 0.278 e. The summed E-state index contributed by atoms with van der Waals surface area (Å²) in [7, 11) is 0. The van der Waals surface area contributed by atoms with Crippen LogP contribution in [0.15, 0.2) is 45.9 Å². The van der Waals surface area contributed by atoms with Crippen LogP contribution in [0.3, 0.4) is 0 Å². The van der Waals surface area contributed by atoms with E-state index in [0.717, 1.165) is 36.6 Å². The van der Waals surface area contributed by atoms with E-state index in [1.54, 1.807) is 17.1 Å². The average molecular weight is 447 g/mol. The van der Waals surface area contributed by atoms with Crippen molar-refractivity contribution in [1.82, 2.24) is 24.6 Å². The molecule has 0 amide bonds. The largest absolute Gasteiger partial charge is 0.466 e. The Bertz CT molecular complexity index is 1390. The normalized spacial score (nSPS) is 14.1. The Labute approximate surface area is 192 Å². The summed E-state index contributed by atoms with van der Waals surface area (Å²) in [6, 6.07) is 8.25. The van der Waals surface area contributed by atoms with Crippen LogP contribution in [-0.4, -0.2) is 25.9 Å². The van der Waals surface area contributed by atoms with Crippen LogP contribution in [0.5, 0.6) is 0 Å². The molecule has 2 N–H and O–H groups in total. The van der Waals surface area contributed by atoms with Gasteiger partial charge in [-0.15, -0.1) is 0 Å². The second-order valence-corrected chi connectivity index (χ2v) is 9.94. The first-order chi connectivity index (χ1) is 15.7. The van der Waals surface area contributed by atoms with Gasteiger partial charge in [-0.25, -0.2) is 14.3 Å². The molecule has 1 aliphatic heterocycles. The van der Waals surface area contributed by atoms with Crippen LogP contribution in [0.1, 0.15) is 57.5 Å². The molecule has 0 aliphatic carbocycles. The molecule has 0 unspecified atom stereocenters. The SMILES string of the molecule is CC(C)n1c(=O)c2cnc(Nc3ccc4c(c3)CNCC4)nc2n1-c1coc(C(C)(C)C)c1. The first-order valence-electron chi connectivity index (χ1n) is 11.4. The fourth-order valence-corrected chi connectivity index (χ4v) is 4.29. The Balaban J connectivity index is 1.61. The quantitative estimate of drug-likeness (QED) is 0.482. The van der Waals surface area contributed by atoms with Gasteiger partial charge in [0.1, 0.15) is 23.1 Å². The molecular weight excluding hydrogens is 416 g/mol. The highest BCUT2D eigenvalue weighted by Crippen LogP contribution is 2.28. The van der Waals surface area contributed by atoms with E-state index in [9.17, 15) is 4.79 Å². The molecule has 172 valence electrons. The van der Waals surface area contributed by atoms with Crippen LogP contribution in [0.25, 0.3) is 16.7 Å². The predicted octanol–water partition coefficient (Wildman–Crippen LogP) is 4.44. The molecule has 0 fully saturated rings. The molecule has 0 spiro atoms. The number of aromatic nitrogens is 4. The highest BCUT2D eigenvalue weighted by molar-refractivity contribution is 5.77. The number of anilines is 2. The number of hydrogen-bond donors (Lipinski definition) is 2. The summed E-state index contributed by atoms with van der Waals surface area (Å²) in [5, 5.41) is 7.19. The Morgan fingerprint density at radius 2 is 2.00 bits per heavy atom. The minimum absolute atomic E-state index is 0.0655. The topological polar surface area (TPSA) is 89.9 Å².